The highest BCUT2D eigenvalue weighted by atomic mass is 35.5. The molecule has 0 aliphatic heterocycles. The Bertz CT molecular complexity index is 300. The Labute approximate surface area is 86.9 Å². The van der Waals surface area contributed by atoms with Crippen LogP contribution in [0.2, 0.25) is 5.02 Å². The third kappa shape index (κ3) is 2.94. The van der Waals surface area contributed by atoms with Crippen LogP contribution in [0, 0.1) is 11.7 Å². The molecule has 0 fully saturated rings. The molecule has 2 N–H and O–H groups in total. The molecule has 78 valence electrons. The molecule has 0 unspecified atom stereocenters. The summed E-state index contributed by atoms with van der Waals surface area (Å²) in [5.74, 6) is -0.713. The molecule has 0 radical (unpaired) electrons. The van der Waals surface area contributed by atoms with Gasteiger partial charge in [0.15, 0.2) is 0 Å². The molecule has 0 amide bonds. The summed E-state index contributed by atoms with van der Waals surface area (Å²) in [5, 5.41) is 18.0. The second-order valence-electron chi connectivity index (χ2n) is 3.17. The van der Waals surface area contributed by atoms with Crippen molar-refractivity contribution in [3.8, 4) is 0 Å². The first-order valence-corrected chi connectivity index (χ1v) is 4.70. The van der Waals surface area contributed by atoms with Gasteiger partial charge in [-0.3, -0.25) is 0 Å². The molecule has 0 saturated heterocycles. The van der Waals surface area contributed by atoms with Crippen LogP contribution in [-0.4, -0.2) is 23.4 Å². The molecule has 0 saturated carbocycles. The fourth-order valence-corrected chi connectivity index (χ4v) is 1.34. The van der Waals surface area contributed by atoms with Gasteiger partial charge >= 0.3 is 0 Å². The van der Waals surface area contributed by atoms with Crippen LogP contribution in [0.4, 0.5) is 4.39 Å². The number of benzene rings is 1. The Hall–Kier alpha value is -0.640. The highest BCUT2D eigenvalue weighted by Gasteiger charge is 2.10. The van der Waals surface area contributed by atoms with Crippen LogP contribution in [0.1, 0.15) is 5.56 Å². The largest absolute Gasteiger partial charge is 0.396 e. The van der Waals surface area contributed by atoms with Crippen LogP contribution in [-0.2, 0) is 6.42 Å². The molecule has 0 spiro atoms. The Morgan fingerprint density at radius 1 is 1.29 bits per heavy atom. The minimum absolute atomic E-state index is 0.154. The summed E-state index contributed by atoms with van der Waals surface area (Å²) in [7, 11) is 0. The SMILES string of the molecule is OCC(CO)Cc1ccc(Cl)cc1F. The maximum absolute atomic E-state index is 13.2. The van der Waals surface area contributed by atoms with Crippen LogP contribution in [0.15, 0.2) is 18.2 Å². The number of hydrogen-bond acceptors (Lipinski definition) is 2. The van der Waals surface area contributed by atoms with Gasteiger partial charge in [-0.2, -0.15) is 0 Å². The lowest BCUT2D eigenvalue weighted by atomic mass is 10.0. The maximum Gasteiger partial charge on any atom is 0.127 e. The van der Waals surface area contributed by atoms with Gasteiger partial charge in [-0.25, -0.2) is 4.39 Å². The highest BCUT2D eigenvalue weighted by Crippen LogP contribution is 2.17. The lowest BCUT2D eigenvalue weighted by Gasteiger charge is -2.11. The van der Waals surface area contributed by atoms with Crippen LogP contribution < -0.4 is 0 Å². The molecule has 0 aromatic heterocycles. The zero-order valence-corrected chi connectivity index (χ0v) is 8.34. The molecule has 0 aliphatic carbocycles. The van der Waals surface area contributed by atoms with Crippen LogP contribution in [0.5, 0.6) is 0 Å². The predicted molar refractivity (Wildman–Crippen MR) is 52.8 cm³/mol. The summed E-state index contributed by atoms with van der Waals surface area (Å²) in [6, 6.07) is 4.38. The number of aliphatic hydroxyl groups excluding tert-OH is 2. The van der Waals surface area contributed by atoms with Crippen molar-refractivity contribution in [1.29, 1.82) is 0 Å². The first-order chi connectivity index (χ1) is 6.67. The fraction of sp³-hybridized carbons (Fsp3) is 0.400. The van der Waals surface area contributed by atoms with Gasteiger partial charge in [-0.1, -0.05) is 17.7 Å². The van der Waals surface area contributed by atoms with Crippen molar-refractivity contribution >= 4 is 11.6 Å². The standard InChI is InChI=1S/C10H12ClFO2/c11-9-2-1-8(10(12)4-9)3-7(5-13)6-14/h1-2,4,7,13-14H,3,5-6H2. The van der Waals surface area contributed by atoms with Crippen molar-refractivity contribution in [3.05, 3.63) is 34.6 Å². The Morgan fingerprint density at radius 3 is 2.43 bits per heavy atom. The molecule has 0 aliphatic rings. The van der Waals surface area contributed by atoms with Crippen LogP contribution in [0.3, 0.4) is 0 Å². The van der Waals surface area contributed by atoms with Gasteiger partial charge in [-0.05, 0) is 24.1 Å². The number of rotatable bonds is 4. The zero-order valence-electron chi connectivity index (χ0n) is 7.58. The van der Waals surface area contributed by atoms with E-state index in [1.54, 1.807) is 12.1 Å². The average molecular weight is 219 g/mol. The first kappa shape index (κ1) is 11.4. The third-order valence-electron chi connectivity index (χ3n) is 2.04. The molecule has 0 atom stereocenters. The molecule has 4 heteroatoms. The van der Waals surface area contributed by atoms with Gasteiger partial charge in [0.1, 0.15) is 5.82 Å². The van der Waals surface area contributed by atoms with E-state index in [1.807, 2.05) is 0 Å². The van der Waals surface area contributed by atoms with Crippen molar-refractivity contribution in [1.82, 2.24) is 0 Å². The van der Waals surface area contributed by atoms with Crippen molar-refractivity contribution in [3.63, 3.8) is 0 Å². The molecular formula is C10H12ClFO2. The smallest absolute Gasteiger partial charge is 0.127 e. The first-order valence-electron chi connectivity index (χ1n) is 4.33. The van der Waals surface area contributed by atoms with E-state index in [0.717, 1.165) is 0 Å². The van der Waals surface area contributed by atoms with E-state index >= 15 is 0 Å². The van der Waals surface area contributed by atoms with Crippen molar-refractivity contribution in [2.45, 2.75) is 6.42 Å². The summed E-state index contributed by atoms with van der Waals surface area (Å²) in [6.45, 7) is -0.308. The maximum atomic E-state index is 13.2. The van der Waals surface area contributed by atoms with E-state index in [0.29, 0.717) is 17.0 Å². The summed E-state index contributed by atoms with van der Waals surface area (Å²) in [6.07, 6.45) is 0.315. The number of aliphatic hydroxyl groups is 2. The minimum Gasteiger partial charge on any atom is -0.396 e. The molecule has 1 rings (SSSR count). The van der Waals surface area contributed by atoms with Gasteiger partial charge in [0.2, 0.25) is 0 Å². The minimum atomic E-state index is -0.399. The Morgan fingerprint density at radius 2 is 1.93 bits per heavy atom. The summed E-state index contributed by atoms with van der Waals surface area (Å²) >= 11 is 5.58. The zero-order chi connectivity index (χ0) is 10.6. The second-order valence-corrected chi connectivity index (χ2v) is 3.61. The average Bonchev–Trinajstić information content (AvgIpc) is 2.17. The van der Waals surface area contributed by atoms with Gasteiger partial charge < -0.3 is 10.2 Å². The molecule has 14 heavy (non-hydrogen) atoms. The lowest BCUT2D eigenvalue weighted by Crippen LogP contribution is -2.14. The number of halogens is 2. The molecular weight excluding hydrogens is 207 g/mol. The molecule has 1 aromatic carbocycles. The van der Waals surface area contributed by atoms with Crippen LogP contribution in [0.25, 0.3) is 0 Å². The fourth-order valence-electron chi connectivity index (χ4n) is 1.19. The third-order valence-corrected chi connectivity index (χ3v) is 2.28. The monoisotopic (exact) mass is 218 g/mol. The van der Waals surface area contributed by atoms with E-state index in [9.17, 15) is 4.39 Å². The normalized spacial score (nSPS) is 10.9. The van der Waals surface area contributed by atoms with Gasteiger partial charge in [0.05, 0.1) is 0 Å². The highest BCUT2D eigenvalue weighted by molar-refractivity contribution is 6.30. The van der Waals surface area contributed by atoms with Gasteiger partial charge in [-0.15, -0.1) is 0 Å². The van der Waals surface area contributed by atoms with Crippen molar-refractivity contribution in [2.24, 2.45) is 5.92 Å². The van der Waals surface area contributed by atoms with Crippen molar-refractivity contribution < 1.29 is 14.6 Å². The van der Waals surface area contributed by atoms with Gasteiger partial charge in [0.25, 0.3) is 0 Å². The van der Waals surface area contributed by atoms with Gasteiger partial charge in [0, 0.05) is 24.2 Å². The van der Waals surface area contributed by atoms with E-state index in [4.69, 9.17) is 21.8 Å². The van der Waals surface area contributed by atoms with E-state index < -0.39 is 5.82 Å². The van der Waals surface area contributed by atoms with Crippen molar-refractivity contribution in [2.75, 3.05) is 13.2 Å². The van der Waals surface area contributed by atoms with E-state index in [1.165, 1.54) is 6.07 Å². The molecule has 2 nitrogen and oxygen atoms in total. The Kier molecular flexibility index (Phi) is 4.32. The quantitative estimate of drug-likeness (QED) is 0.807. The summed E-state index contributed by atoms with van der Waals surface area (Å²) in [5.41, 5.74) is 0.461. The molecule has 0 heterocycles. The second kappa shape index (κ2) is 5.29. The predicted octanol–water partition coefficient (Wildman–Crippen LogP) is 1.62. The number of hydrogen-bond donors (Lipinski definition) is 2. The molecule has 0 bridgehead atoms. The molecule has 1 aromatic rings. The summed E-state index contributed by atoms with van der Waals surface area (Å²) in [4.78, 5) is 0. The van der Waals surface area contributed by atoms with E-state index in [2.05, 4.69) is 0 Å². The summed E-state index contributed by atoms with van der Waals surface area (Å²) < 4.78 is 13.2. The Balaban J connectivity index is 2.76. The van der Waals surface area contributed by atoms with Crippen LogP contribution >= 0.6 is 11.6 Å². The van der Waals surface area contributed by atoms with E-state index in [-0.39, 0.29) is 19.1 Å². The topological polar surface area (TPSA) is 40.5 Å². The lowest BCUT2D eigenvalue weighted by molar-refractivity contribution is 0.149.